The maximum atomic E-state index is 2.63. The number of rotatable bonds is 14. The molecule has 224 valence electrons. The number of unbranched alkanes of at least 4 members (excludes halogenated alkanes) is 3. The minimum absolute atomic E-state index is 0.326. The molecule has 1 aromatic carbocycles. The normalized spacial score (nSPS) is 12.4. The van der Waals surface area contributed by atoms with E-state index in [0.717, 1.165) is 0 Å². The van der Waals surface area contributed by atoms with Gasteiger partial charge < -0.3 is 4.90 Å². The van der Waals surface area contributed by atoms with Crippen LogP contribution in [-0.2, 0) is 10.9 Å². The maximum absolute atomic E-state index is 2.63. The van der Waals surface area contributed by atoms with Crippen LogP contribution in [0.15, 0.2) is 36.4 Å². The second-order valence-electron chi connectivity index (χ2n) is 12.9. The first-order valence-corrected chi connectivity index (χ1v) is 32.6. The average Bonchev–Trinajstić information content (AvgIpc) is 3.73. The summed E-state index contributed by atoms with van der Waals surface area (Å²) < 4.78 is 7.52. The molecular formula is C34H46N2S4Sn2. The first-order chi connectivity index (χ1) is 20.1. The molecule has 0 unspecified atom stereocenters. The molecule has 0 saturated carbocycles. The predicted octanol–water partition coefficient (Wildman–Crippen LogP) is 10.5. The van der Waals surface area contributed by atoms with E-state index in [1.54, 1.807) is 12.6 Å². The molecule has 2 nitrogen and oxygen atoms in total. The van der Waals surface area contributed by atoms with Crippen LogP contribution in [0.4, 0.5) is 5.00 Å². The van der Waals surface area contributed by atoms with E-state index in [1.165, 1.54) is 93.6 Å². The molecule has 8 heteroatoms. The van der Waals surface area contributed by atoms with Gasteiger partial charge in [0.25, 0.3) is 0 Å². The molecule has 0 aliphatic rings. The van der Waals surface area contributed by atoms with Gasteiger partial charge >= 0.3 is 262 Å². The second-order valence-corrected chi connectivity index (χ2v) is 37.1. The molecular weight excluding hydrogens is 802 g/mol. The Bertz CT molecular complexity index is 1630. The number of hydrogen-bond acceptors (Lipinski definition) is 6. The fraction of sp³-hybridized carbons (Fsp3) is 0.471. The van der Waals surface area contributed by atoms with E-state index in [-0.39, 0.29) is 21.1 Å². The molecule has 42 heavy (non-hydrogen) atoms. The molecule has 0 atom stereocenters. The van der Waals surface area contributed by atoms with E-state index < -0.39 is 18.4 Å². The van der Waals surface area contributed by atoms with Gasteiger partial charge in [-0.1, -0.05) is 0 Å². The summed E-state index contributed by atoms with van der Waals surface area (Å²) in [5.41, 5.74) is 3.04. The molecule has 0 spiro atoms. The number of hydrogen-bond donors (Lipinski definition) is 0. The molecule has 0 saturated heterocycles. The Morgan fingerprint density at radius 2 is 1.38 bits per heavy atom. The van der Waals surface area contributed by atoms with Gasteiger partial charge in [-0.2, -0.15) is 0 Å². The Morgan fingerprint density at radius 3 is 2.05 bits per heavy atom. The van der Waals surface area contributed by atoms with Crippen molar-refractivity contribution >= 4 is 113 Å². The van der Waals surface area contributed by atoms with E-state index in [1.807, 2.05) is 11.3 Å². The van der Waals surface area contributed by atoms with E-state index in [4.69, 9.17) is 0 Å². The summed E-state index contributed by atoms with van der Waals surface area (Å²) >= 11 is 5.65. The van der Waals surface area contributed by atoms with Crippen molar-refractivity contribution in [2.45, 2.75) is 62.7 Å². The molecule has 2 radical (unpaired) electrons. The molecule has 4 heterocycles. The Labute approximate surface area is 284 Å². The zero-order chi connectivity index (χ0) is 30.0. The molecule has 0 N–H and O–H groups in total. The zero-order valence-electron chi connectivity index (χ0n) is 26.6. The summed E-state index contributed by atoms with van der Waals surface area (Å²) in [6.07, 6.45) is 6.51. The van der Waals surface area contributed by atoms with Crippen LogP contribution in [0.25, 0.3) is 41.1 Å². The quantitative estimate of drug-likeness (QED) is 0.0812. The molecule has 0 bridgehead atoms. The summed E-state index contributed by atoms with van der Waals surface area (Å²) in [7, 11) is 8.69. The predicted molar refractivity (Wildman–Crippen MR) is 202 cm³/mol. The third-order valence-electron chi connectivity index (χ3n) is 7.76. The number of benzene rings is 1. The van der Waals surface area contributed by atoms with E-state index in [0.29, 0.717) is 0 Å². The van der Waals surface area contributed by atoms with Crippen LogP contribution in [0.3, 0.4) is 0 Å². The van der Waals surface area contributed by atoms with Gasteiger partial charge in [0.15, 0.2) is 0 Å². The second kappa shape index (κ2) is 14.5. The summed E-state index contributed by atoms with van der Waals surface area (Å²) in [6, 6.07) is 14.8. The Kier molecular flexibility index (Phi) is 11.5. The van der Waals surface area contributed by atoms with Crippen LogP contribution in [0.1, 0.15) is 42.4 Å². The van der Waals surface area contributed by atoms with E-state index in [2.05, 4.69) is 130 Å². The van der Waals surface area contributed by atoms with Gasteiger partial charge in [0.2, 0.25) is 0 Å². The first kappa shape index (κ1) is 33.3. The molecule has 0 aliphatic carbocycles. The number of aryl methyl sites for hydroxylation is 1. The zero-order valence-corrected chi connectivity index (χ0v) is 35.6. The fourth-order valence-corrected chi connectivity index (χ4v) is 18.2. The summed E-state index contributed by atoms with van der Waals surface area (Å²) in [4.78, 5) is 18.4. The Morgan fingerprint density at radius 1 is 0.714 bits per heavy atom. The van der Waals surface area contributed by atoms with Crippen LogP contribution in [0.5, 0.6) is 0 Å². The molecule has 4 aromatic heterocycles. The number of anilines is 1. The van der Waals surface area contributed by atoms with Gasteiger partial charge in [0.1, 0.15) is 0 Å². The third kappa shape index (κ3) is 7.64. The Balaban J connectivity index is 1.62. The van der Waals surface area contributed by atoms with Crippen molar-refractivity contribution in [3.63, 3.8) is 0 Å². The number of nitrogens with zero attached hydrogens (tertiary/aromatic N) is 2. The van der Waals surface area contributed by atoms with Crippen molar-refractivity contribution in [3.05, 3.63) is 46.2 Å². The standard InChI is InChI=1S/C29H32N2S4.C2H5.3CH3.2Sn/c1-19-18-22-27(23-12-11-20(34-23)10-8-6-7-9-16-30(2)3)28-21(15-17-32-28)26(29(22)33-19)24-13-14-25(35-24)31(4)5;1-2;;;;;/h11-15,18H,1,6-10,16H2,2-5H3;1H2,2H3;3*1H3;;. The number of thiophene rings is 4. The van der Waals surface area contributed by atoms with Crippen molar-refractivity contribution in [1.82, 2.24) is 4.90 Å². The minimum atomic E-state index is -2.28. The summed E-state index contributed by atoms with van der Waals surface area (Å²) in [5.74, 6) is 0. The van der Waals surface area contributed by atoms with Crippen LogP contribution in [0, 0.1) is 0 Å². The average molecular weight is 848 g/mol. The SMILES string of the molecule is C[CH2][Sn][CH2]c1cc2c(-c3ccc(CCCCCCN(C)C)s3)c3s[c]([Sn]([CH3])([CH3])[CH3])cc3c(-c3ccc(N(C)C)s3)c2s1. The van der Waals surface area contributed by atoms with Crippen molar-refractivity contribution < 1.29 is 0 Å². The van der Waals surface area contributed by atoms with Gasteiger partial charge in [0, 0.05) is 0 Å². The van der Waals surface area contributed by atoms with Crippen molar-refractivity contribution in [1.29, 1.82) is 0 Å². The van der Waals surface area contributed by atoms with Crippen molar-refractivity contribution in [2.75, 3.05) is 39.6 Å². The molecule has 5 rings (SSSR count). The van der Waals surface area contributed by atoms with Gasteiger partial charge in [-0.3, -0.25) is 0 Å². The molecule has 0 amide bonds. The van der Waals surface area contributed by atoms with E-state index in [9.17, 15) is 0 Å². The van der Waals surface area contributed by atoms with Crippen LogP contribution in [0.2, 0.25) is 19.3 Å². The first-order valence-electron chi connectivity index (χ1n) is 15.3. The number of fused-ring (bicyclic) bond motifs is 2. The van der Waals surface area contributed by atoms with Crippen LogP contribution in [-0.4, -0.2) is 79.2 Å². The van der Waals surface area contributed by atoms with Crippen molar-refractivity contribution in [2.24, 2.45) is 0 Å². The Hall–Kier alpha value is -0.103. The van der Waals surface area contributed by atoms with Crippen LogP contribution >= 0.6 is 45.3 Å². The summed E-state index contributed by atoms with van der Waals surface area (Å²) in [6.45, 7) is 3.59. The van der Waals surface area contributed by atoms with Gasteiger partial charge in [-0.05, 0) is 20.6 Å². The van der Waals surface area contributed by atoms with Gasteiger partial charge in [0.05, 0.1) is 0 Å². The molecule has 0 aliphatic heterocycles. The fourth-order valence-electron chi connectivity index (χ4n) is 5.44. The summed E-state index contributed by atoms with van der Waals surface area (Å²) in [5, 5.41) is 4.36. The monoisotopic (exact) mass is 850 g/mol. The third-order valence-corrected chi connectivity index (χ3v) is 25.9. The van der Waals surface area contributed by atoms with Gasteiger partial charge in [-0.15, -0.1) is 0 Å². The molecule has 0 fully saturated rings. The van der Waals surface area contributed by atoms with Crippen molar-refractivity contribution in [3.8, 4) is 20.9 Å². The van der Waals surface area contributed by atoms with Gasteiger partial charge in [-0.25, -0.2) is 0 Å². The topological polar surface area (TPSA) is 6.48 Å². The van der Waals surface area contributed by atoms with Crippen LogP contribution < -0.4 is 7.79 Å². The van der Waals surface area contributed by atoms with E-state index >= 15 is 0 Å². The molecule has 5 aromatic rings.